The first-order valence-corrected chi connectivity index (χ1v) is 6.96. The fourth-order valence-corrected chi connectivity index (χ4v) is 2.77. The molecule has 0 amide bonds. The molecular weight excluding hydrogens is 240 g/mol. The number of nitrogens with zero attached hydrogens (tertiary/aromatic N) is 1. The van der Waals surface area contributed by atoms with E-state index in [0.29, 0.717) is 12.5 Å². The van der Waals surface area contributed by atoms with E-state index in [4.69, 9.17) is 10.5 Å². The highest BCUT2D eigenvalue weighted by molar-refractivity contribution is 5.37. The summed E-state index contributed by atoms with van der Waals surface area (Å²) >= 11 is 0. The molecule has 4 heteroatoms. The first kappa shape index (κ1) is 14.3. The van der Waals surface area contributed by atoms with E-state index in [-0.39, 0.29) is 6.61 Å². The van der Waals surface area contributed by atoms with Crippen molar-refractivity contribution in [2.45, 2.75) is 25.9 Å². The van der Waals surface area contributed by atoms with Gasteiger partial charge in [-0.05, 0) is 43.0 Å². The van der Waals surface area contributed by atoms with Crippen LogP contribution < -0.4 is 10.5 Å². The van der Waals surface area contributed by atoms with Gasteiger partial charge in [0.05, 0.1) is 7.11 Å². The number of likely N-dealkylation sites (tertiary alicyclic amines) is 1. The molecule has 1 atom stereocenters. The highest BCUT2D eigenvalue weighted by Gasteiger charge is 2.20. The van der Waals surface area contributed by atoms with Crippen LogP contribution in [0.25, 0.3) is 0 Å². The molecule has 0 bridgehead atoms. The molecule has 1 aromatic carbocycles. The molecule has 1 fully saturated rings. The quantitative estimate of drug-likeness (QED) is 0.843. The van der Waals surface area contributed by atoms with Gasteiger partial charge in [-0.3, -0.25) is 4.90 Å². The van der Waals surface area contributed by atoms with Crippen molar-refractivity contribution < 1.29 is 9.84 Å². The molecule has 1 unspecified atom stereocenters. The van der Waals surface area contributed by atoms with Crippen LogP contribution in [-0.2, 0) is 13.1 Å². The Morgan fingerprint density at radius 3 is 3.00 bits per heavy atom. The number of rotatable bonds is 5. The number of nitrogens with two attached hydrogens (primary N) is 1. The molecule has 4 nitrogen and oxygen atoms in total. The highest BCUT2D eigenvalue weighted by atomic mass is 16.5. The zero-order valence-electron chi connectivity index (χ0n) is 11.6. The van der Waals surface area contributed by atoms with Gasteiger partial charge >= 0.3 is 0 Å². The lowest BCUT2D eigenvalue weighted by Gasteiger charge is -2.32. The van der Waals surface area contributed by atoms with Crippen LogP contribution in [0.4, 0.5) is 0 Å². The van der Waals surface area contributed by atoms with Crippen LogP contribution in [0.2, 0.25) is 0 Å². The van der Waals surface area contributed by atoms with Crippen molar-refractivity contribution in [3.8, 4) is 5.75 Å². The fourth-order valence-electron chi connectivity index (χ4n) is 2.77. The van der Waals surface area contributed by atoms with Gasteiger partial charge in [0.2, 0.25) is 0 Å². The second-order valence-corrected chi connectivity index (χ2v) is 5.28. The standard InChI is InChI=1S/C15H24N2O2/c1-19-15-5-4-12(8-16)7-14(15)10-17-6-2-3-13(9-17)11-18/h4-5,7,13,18H,2-3,6,8-11,16H2,1H3. The van der Waals surface area contributed by atoms with Crippen LogP contribution in [0.1, 0.15) is 24.0 Å². The fraction of sp³-hybridized carbons (Fsp3) is 0.600. The molecule has 1 aromatic rings. The van der Waals surface area contributed by atoms with Gasteiger partial charge in [0, 0.05) is 31.8 Å². The summed E-state index contributed by atoms with van der Waals surface area (Å²) in [6.45, 7) is 3.76. The first-order chi connectivity index (χ1) is 9.26. The minimum absolute atomic E-state index is 0.288. The largest absolute Gasteiger partial charge is 0.496 e. The summed E-state index contributed by atoms with van der Waals surface area (Å²) in [7, 11) is 1.70. The maximum Gasteiger partial charge on any atom is 0.123 e. The van der Waals surface area contributed by atoms with Gasteiger partial charge < -0.3 is 15.6 Å². The highest BCUT2D eigenvalue weighted by Crippen LogP contribution is 2.24. The van der Waals surface area contributed by atoms with Crippen LogP contribution >= 0.6 is 0 Å². The smallest absolute Gasteiger partial charge is 0.123 e. The van der Waals surface area contributed by atoms with Gasteiger partial charge in [0.1, 0.15) is 5.75 Å². The van der Waals surface area contributed by atoms with Crippen LogP contribution in [0, 0.1) is 5.92 Å². The van der Waals surface area contributed by atoms with E-state index < -0.39 is 0 Å². The topological polar surface area (TPSA) is 58.7 Å². The summed E-state index contributed by atoms with van der Waals surface area (Å²) in [5.74, 6) is 1.33. The third-order valence-corrected chi connectivity index (χ3v) is 3.84. The van der Waals surface area contributed by atoms with Crippen molar-refractivity contribution >= 4 is 0 Å². The number of hydrogen-bond donors (Lipinski definition) is 2. The van der Waals surface area contributed by atoms with Crippen molar-refractivity contribution in [2.24, 2.45) is 11.7 Å². The minimum atomic E-state index is 0.288. The molecule has 1 aliphatic heterocycles. The molecule has 0 aromatic heterocycles. The number of aliphatic hydroxyl groups is 1. The zero-order valence-corrected chi connectivity index (χ0v) is 11.6. The molecule has 2 rings (SSSR count). The lowest BCUT2D eigenvalue weighted by Crippen LogP contribution is -2.36. The second-order valence-electron chi connectivity index (χ2n) is 5.28. The minimum Gasteiger partial charge on any atom is -0.496 e. The Labute approximate surface area is 115 Å². The Morgan fingerprint density at radius 2 is 2.32 bits per heavy atom. The van der Waals surface area contributed by atoms with Gasteiger partial charge in [-0.1, -0.05) is 6.07 Å². The number of methoxy groups -OCH3 is 1. The van der Waals surface area contributed by atoms with E-state index in [0.717, 1.165) is 43.8 Å². The van der Waals surface area contributed by atoms with Crippen LogP contribution in [-0.4, -0.2) is 36.8 Å². The lowest BCUT2D eigenvalue weighted by molar-refractivity contribution is 0.115. The molecule has 1 saturated heterocycles. The summed E-state index contributed by atoms with van der Waals surface area (Å²) in [4.78, 5) is 2.39. The summed E-state index contributed by atoms with van der Waals surface area (Å²) in [6.07, 6.45) is 2.29. The van der Waals surface area contributed by atoms with Gasteiger partial charge in [-0.2, -0.15) is 0 Å². The summed E-state index contributed by atoms with van der Waals surface area (Å²) in [5.41, 5.74) is 8.01. The third-order valence-electron chi connectivity index (χ3n) is 3.84. The number of piperidine rings is 1. The molecule has 0 radical (unpaired) electrons. The van der Waals surface area contributed by atoms with Gasteiger partial charge in [-0.25, -0.2) is 0 Å². The van der Waals surface area contributed by atoms with Gasteiger partial charge in [0.15, 0.2) is 0 Å². The summed E-state index contributed by atoms with van der Waals surface area (Å²) < 4.78 is 5.42. The average molecular weight is 264 g/mol. The van der Waals surface area contributed by atoms with Crippen molar-refractivity contribution in [3.05, 3.63) is 29.3 Å². The predicted octanol–water partition coefficient (Wildman–Crippen LogP) is 1.36. The molecule has 1 aliphatic rings. The second kappa shape index (κ2) is 6.89. The maximum atomic E-state index is 9.29. The number of benzene rings is 1. The Bertz CT molecular complexity index is 409. The Hall–Kier alpha value is -1.10. The van der Waals surface area contributed by atoms with Crippen molar-refractivity contribution in [1.29, 1.82) is 0 Å². The number of hydrogen-bond acceptors (Lipinski definition) is 4. The molecule has 19 heavy (non-hydrogen) atoms. The average Bonchev–Trinajstić information content (AvgIpc) is 2.47. The Kier molecular flexibility index (Phi) is 5.19. The van der Waals surface area contributed by atoms with E-state index in [1.54, 1.807) is 7.11 Å². The van der Waals surface area contributed by atoms with Crippen molar-refractivity contribution in [1.82, 2.24) is 4.90 Å². The molecule has 0 aliphatic carbocycles. The number of aliphatic hydroxyl groups excluding tert-OH is 1. The van der Waals surface area contributed by atoms with E-state index in [1.807, 2.05) is 12.1 Å². The molecular formula is C15H24N2O2. The zero-order chi connectivity index (χ0) is 13.7. The van der Waals surface area contributed by atoms with E-state index >= 15 is 0 Å². The van der Waals surface area contributed by atoms with Crippen LogP contribution in [0.15, 0.2) is 18.2 Å². The molecule has 0 spiro atoms. The molecule has 3 N–H and O–H groups in total. The third kappa shape index (κ3) is 3.69. The maximum absolute atomic E-state index is 9.29. The molecule has 0 saturated carbocycles. The SMILES string of the molecule is COc1ccc(CN)cc1CN1CCCC(CO)C1. The van der Waals surface area contributed by atoms with Crippen LogP contribution in [0.3, 0.4) is 0 Å². The Balaban J connectivity index is 2.08. The monoisotopic (exact) mass is 264 g/mol. The first-order valence-electron chi connectivity index (χ1n) is 6.96. The molecule has 1 heterocycles. The van der Waals surface area contributed by atoms with Gasteiger partial charge in [0.25, 0.3) is 0 Å². The predicted molar refractivity (Wildman–Crippen MR) is 76.0 cm³/mol. The van der Waals surface area contributed by atoms with Crippen molar-refractivity contribution in [2.75, 3.05) is 26.8 Å². The number of ether oxygens (including phenoxy) is 1. The summed E-state index contributed by atoms with van der Waals surface area (Å²) in [5, 5.41) is 9.29. The van der Waals surface area contributed by atoms with E-state index in [2.05, 4.69) is 11.0 Å². The van der Waals surface area contributed by atoms with E-state index in [1.165, 1.54) is 5.56 Å². The molecule has 106 valence electrons. The van der Waals surface area contributed by atoms with E-state index in [9.17, 15) is 5.11 Å². The van der Waals surface area contributed by atoms with Gasteiger partial charge in [-0.15, -0.1) is 0 Å². The van der Waals surface area contributed by atoms with Crippen LogP contribution in [0.5, 0.6) is 5.75 Å². The normalized spacial score (nSPS) is 20.5. The Morgan fingerprint density at radius 1 is 1.47 bits per heavy atom. The summed E-state index contributed by atoms with van der Waals surface area (Å²) in [6, 6.07) is 6.13. The lowest BCUT2D eigenvalue weighted by atomic mass is 9.98. The van der Waals surface area contributed by atoms with Crippen molar-refractivity contribution in [3.63, 3.8) is 0 Å².